The third-order valence-electron chi connectivity index (χ3n) is 1.72. The van der Waals surface area contributed by atoms with Gasteiger partial charge < -0.3 is 14.9 Å². The SMILES string of the molecule is CCC(O)CC(C)OC(O)C(Cl)(Cl)Cl. The van der Waals surface area contributed by atoms with E-state index in [1.165, 1.54) is 0 Å². The van der Waals surface area contributed by atoms with Crippen LogP contribution in [-0.2, 0) is 4.74 Å². The molecular formula is C8H15Cl3O3. The van der Waals surface area contributed by atoms with Gasteiger partial charge in [0.2, 0.25) is 10.1 Å². The monoisotopic (exact) mass is 264 g/mol. The maximum absolute atomic E-state index is 9.28. The molecule has 0 saturated carbocycles. The van der Waals surface area contributed by atoms with Gasteiger partial charge in [-0.05, 0) is 19.8 Å². The Bertz CT molecular complexity index is 160. The van der Waals surface area contributed by atoms with E-state index < -0.39 is 16.2 Å². The highest BCUT2D eigenvalue weighted by molar-refractivity contribution is 6.67. The average molecular weight is 266 g/mol. The Morgan fingerprint density at radius 1 is 1.29 bits per heavy atom. The number of halogens is 3. The number of rotatable bonds is 5. The van der Waals surface area contributed by atoms with E-state index in [-0.39, 0.29) is 6.10 Å². The smallest absolute Gasteiger partial charge is 0.240 e. The molecule has 0 heterocycles. The topological polar surface area (TPSA) is 49.7 Å². The van der Waals surface area contributed by atoms with Crippen molar-refractivity contribution < 1.29 is 14.9 Å². The lowest BCUT2D eigenvalue weighted by Gasteiger charge is -2.24. The molecule has 0 amide bonds. The van der Waals surface area contributed by atoms with Gasteiger partial charge in [-0.3, -0.25) is 0 Å². The number of ether oxygens (including phenoxy) is 1. The number of alkyl halides is 3. The van der Waals surface area contributed by atoms with Crippen LogP contribution >= 0.6 is 34.8 Å². The van der Waals surface area contributed by atoms with Crippen molar-refractivity contribution in [2.45, 2.75) is 49.0 Å². The average Bonchev–Trinajstić information content (AvgIpc) is 2.02. The van der Waals surface area contributed by atoms with Gasteiger partial charge in [0.15, 0.2) is 0 Å². The first-order chi connectivity index (χ1) is 6.27. The molecule has 0 rings (SSSR count). The van der Waals surface area contributed by atoms with Crippen LogP contribution in [0.1, 0.15) is 26.7 Å². The van der Waals surface area contributed by atoms with Crippen LogP contribution in [0.4, 0.5) is 0 Å². The standard InChI is InChI=1S/C8H15Cl3O3/c1-3-6(12)4-5(2)14-7(13)8(9,10)11/h5-7,12-13H,3-4H2,1-2H3. The summed E-state index contributed by atoms with van der Waals surface area (Å²) in [5.74, 6) is 0. The molecule has 0 aromatic rings. The van der Waals surface area contributed by atoms with Crippen molar-refractivity contribution in [2.75, 3.05) is 0 Å². The zero-order valence-electron chi connectivity index (χ0n) is 8.08. The van der Waals surface area contributed by atoms with Crippen LogP contribution in [0.5, 0.6) is 0 Å². The van der Waals surface area contributed by atoms with E-state index in [1.54, 1.807) is 6.92 Å². The summed E-state index contributed by atoms with van der Waals surface area (Å²) in [5, 5.41) is 18.5. The summed E-state index contributed by atoms with van der Waals surface area (Å²) in [4.78, 5) is 0. The van der Waals surface area contributed by atoms with Crippen molar-refractivity contribution in [3.8, 4) is 0 Å². The summed E-state index contributed by atoms with van der Waals surface area (Å²) in [5.41, 5.74) is 0. The molecule has 0 bridgehead atoms. The lowest BCUT2D eigenvalue weighted by Crippen LogP contribution is -2.33. The zero-order valence-corrected chi connectivity index (χ0v) is 10.4. The lowest BCUT2D eigenvalue weighted by atomic mass is 10.1. The van der Waals surface area contributed by atoms with Gasteiger partial charge >= 0.3 is 0 Å². The van der Waals surface area contributed by atoms with Gasteiger partial charge in [0.25, 0.3) is 0 Å². The first kappa shape index (κ1) is 14.8. The van der Waals surface area contributed by atoms with Crippen LogP contribution in [0.3, 0.4) is 0 Å². The van der Waals surface area contributed by atoms with Gasteiger partial charge in [0.1, 0.15) is 0 Å². The van der Waals surface area contributed by atoms with Gasteiger partial charge in [0.05, 0.1) is 12.2 Å². The molecule has 6 heteroatoms. The highest BCUT2D eigenvalue weighted by Crippen LogP contribution is 2.31. The Hall–Kier alpha value is 0.750. The third-order valence-corrected chi connectivity index (χ3v) is 2.28. The maximum atomic E-state index is 9.28. The summed E-state index contributed by atoms with van der Waals surface area (Å²) >= 11 is 16.2. The highest BCUT2D eigenvalue weighted by atomic mass is 35.6. The van der Waals surface area contributed by atoms with Crippen molar-refractivity contribution in [1.29, 1.82) is 0 Å². The molecule has 2 N–H and O–H groups in total. The van der Waals surface area contributed by atoms with E-state index in [9.17, 15) is 10.2 Å². The zero-order chi connectivity index (χ0) is 11.4. The molecule has 0 aliphatic heterocycles. The molecule has 86 valence electrons. The second-order valence-electron chi connectivity index (χ2n) is 3.14. The number of aliphatic hydroxyl groups excluding tert-OH is 2. The molecule has 0 aromatic heterocycles. The first-order valence-corrected chi connectivity index (χ1v) is 5.49. The number of hydrogen-bond donors (Lipinski definition) is 2. The second-order valence-corrected chi connectivity index (χ2v) is 5.51. The molecule has 3 atom stereocenters. The Morgan fingerprint density at radius 3 is 2.14 bits per heavy atom. The second kappa shape index (κ2) is 6.36. The van der Waals surface area contributed by atoms with E-state index in [4.69, 9.17) is 39.5 Å². The number of hydrogen-bond acceptors (Lipinski definition) is 3. The van der Waals surface area contributed by atoms with E-state index in [1.807, 2.05) is 6.92 Å². The largest absolute Gasteiger partial charge is 0.393 e. The molecule has 0 spiro atoms. The molecular weight excluding hydrogens is 250 g/mol. The predicted octanol–water partition coefficient (Wildman–Crippen LogP) is 2.24. The summed E-state index contributed by atoms with van der Waals surface area (Å²) in [6, 6.07) is 0. The molecule has 0 aliphatic rings. The normalized spacial score (nSPS) is 19.1. The van der Waals surface area contributed by atoms with E-state index in [0.717, 1.165) is 0 Å². The Morgan fingerprint density at radius 2 is 1.79 bits per heavy atom. The summed E-state index contributed by atoms with van der Waals surface area (Å²) in [6.45, 7) is 3.54. The van der Waals surface area contributed by atoms with Crippen molar-refractivity contribution >= 4 is 34.8 Å². The molecule has 0 fully saturated rings. The fourth-order valence-electron chi connectivity index (χ4n) is 0.903. The molecule has 0 aromatic carbocycles. The fourth-order valence-corrected chi connectivity index (χ4v) is 1.06. The molecule has 3 unspecified atom stereocenters. The predicted molar refractivity (Wildman–Crippen MR) is 57.8 cm³/mol. The third kappa shape index (κ3) is 6.27. The van der Waals surface area contributed by atoms with Crippen LogP contribution in [0.25, 0.3) is 0 Å². The van der Waals surface area contributed by atoms with Gasteiger partial charge in [-0.25, -0.2) is 0 Å². The molecule has 0 radical (unpaired) electrons. The Balaban J connectivity index is 3.88. The maximum Gasteiger partial charge on any atom is 0.240 e. The Labute approximate surface area is 98.9 Å². The van der Waals surface area contributed by atoms with Crippen molar-refractivity contribution in [1.82, 2.24) is 0 Å². The quantitative estimate of drug-likeness (QED) is 0.592. The van der Waals surface area contributed by atoms with E-state index >= 15 is 0 Å². The van der Waals surface area contributed by atoms with Gasteiger partial charge in [0, 0.05) is 0 Å². The van der Waals surface area contributed by atoms with Gasteiger partial charge in [-0.2, -0.15) is 0 Å². The fraction of sp³-hybridized carbons (Fsp3) is 1.00. The highest BCUT2D eigenvalue weighted by Gasteiger charge is 2.33. The van der Waals surface area contributed by atoms with Crippen LogP contribution in [0, 0.1) is 0 Å². The van der Waals surface area contributed by atoms with Crippen molar-refractivity contribution in [2.24, 2.45) is 0 Å². The molecule has 14 heavy (non-hydrogen) atoms. The summed E-state index contributed by atoms with van der Waals surface area (Å²) in [7, 11) is 0. The van der Waals surface area contributed by atoms with E-state index in [0.29, 0.717) is 12.8 Å². The van der Waals surface area contributed by atoms with Crippen LogP contribution in [0.2, 0.25) is 0 Å². The van der Waals surface area contributed by atoms with Crippen LogP contribution in [0.15, 0.2) is 0 Å². The Kier molecular flexibility index (Phi) is 6.70. The van der Waals surface area contributed by atoms with Crippen molar-refractivity contribution in [3.63, 3.8) is 0 Å². The molecule has 3 nitrogen and oxygen atoms in total. The first-order valence-electron chi connectivity index (χ1n) is 4.35. The minimum atomic E-state index is -1.86. The van der Waals surface area contributed by atoms with Gasteiger partial charge in [-0.1, -0.05) is 41.7 Å². The van der Waals surface area contributed by atoms with E-state index in [2.05, 4.69) is 0 Å². The van der Waals surface area contributed by atoms with Crippen LogP contribution < -0.4 is 0 Å². The van der Waals surface area contributed by atoms with Crippen molar-refractivity contribution in [3.05, 3.63) is 0 Å². The summed E-state index contributed by atoms with van der Waals surface area (Å²) < 4.78 is 3.13. The molecule has 0 aliphatic carbocycles. The minimum Gasteiger partial charge on any atom is -0.393 e. The number of aliphatic hydroxyl groups is 2. The summed E-state index contributed by atoms with van der Waals surface area (Å²) in [6.07, 6.45) is -1.29. The van der Waals surface area contributed by atoms with Crippen LogP contribution in [-0.4, -0.2) is 32.5 Å². The lowest BCUT2D eigenvalue weighted by molar-refractivity contribution is -0.135. The minimum absolute atomic E-state index is 0.365. The molecule has 0 saturated heterocycles. The van der Waals surface area contributed by atoms with Gasteiger partial charge in [-0.15, -0.1) is 0 Å².